The molecule has 0 radical (unpaired) electrons. The van der Waals surface area contributed by atoms with E-state index < -0.39 is 0 Å². The summed E-state index contributed by atoms with van der Waals surface area (Å²) in [5.41, 5.74) is 0.978. The Kier molecular flexibility index (Phi) is 2.97. The number of H-pyrrole nitrogens is 1. The molecule has 6 heteroatoms. The van der Waals surface area contributed by atoms with Gasteiger partial charge in [-0.15, -0.1) is 0 Å². The van der Waals surface area contributed by atoms with Gasteiger partial charge in [-0.2, -0.15) is 5.10 Å². The molecule has 2 aromatic rings. The number of ether oxygens (including phenoxy) is 1. The molecule has 0 aromatic carbocycles. The summed E-state index contributed by atoms with van der Waals surface area (Å²) in [5, 5.41) is 7.17. The fourth-order valence-corrected chi connectivity index (χ4v) is 2.56. The van der Waals surface area contributed by atoms with Crippen molar-refractivity contribution < 1.29 is 4.74 Å². The first-order valence-corrected chi connectivity index (χ1v) is 6.30. The molecule has 1 N–H and O–H groups in total. The lowest BCUT2D eigenvalue weighted by molar-refractivity contribution is 0.00619. The summed E-state index contributed by atoms with van der Waals surface area (Å²) in [7, 11) is 1.75. The molecule has 94 valence electrons. The first kappa shape index (κ1) is 11.6. The number of hydrogen-bond acceptors (Lipinski definition) is 4. The van der Waals surface area contributed by atoms with Crippen molar-refractivity contribution in [2.75, 3.05) is 7.11 Å². The molecule has 0 spiro atoms. The van der Waals surface area contributed by atoms with Crippen LogP contribution in [-0.2, 0) is 4.74 Å². The van der Waals surface area contributed by atoms with Crippen molar-refractivity contribution in [3.8, 4) is 11.4 Å². The van der Waals surface area contributed by atoms with Crippen LogP contribution in [-0.4, -0.2) is 33.0 Å². The normalized spacial score (nSPS) is 22.7. The molecule has 2 aromatic heterocycles. The number of aromatic amines is 1. The molecule has 0 aliphatic heterocycles. The van der Waals surface area contributed by atoms with Crippen LogP contribution in [0.1, 0.15) is 18.9 Å². The summed E-state index contributed by atoms with van der Waals surface area (Å²) < 4.78 is 8.04. The van der Waals surface area contributed by atoms with Gasteiger partial charge in [-0.25, -0.2) is 0 Å². The van der Waals surface area contributed by atoms with Crippen LogP contribution in [0.3, 0.4) is 0 Å². The van der Waals surface area contributed by atoms with Gasteiger partial charge >= 0.3 is 0 Å². The Labute approximate surface area is 110 Å². The van der Waals surface area contributed by atoms with Crippen LogP contribution < -0.4 is 0 Å². The number of hydrogen-bond donors (Lipinski definition) is 1. The van der Waals surface area contributed by atoms with Gasteiger partial charge in [0.1, 0.15) is 0 Å². The van der Waals surface area contributed by atoms with Crippen LogP contribution in [0.15, 0.2) is 24.5 Å². The first-order chi connectivity index (χ1) is 8.79. The van der Waals surface area contributed by atoms with Crippen molar-refractivity contribution in [1.29, 1.82) is 0 Å². The van der Waals surface area contributed by atoms with Crippen molar-refractivity contribution >= 4 is 12.2 Å². The predicted octanol–water partition coefficient (Wildman–Crippen LogP) is 2.35. The van der Waals surface area contributed by atoms with Crippen LogP contribution in [0, 0.1) is 4.77 Å². The average Bonchev–Trinajstić information content (AvgIpc) is 2.72. The van der Waals surface area contributed by atoms with Crippen LogP contribution in [0.2, 0.25) is 0 Å². The van der Waals surface area contributed by atoms with E-state index in [0.717, 1.165) is 24.2 Å². The van der Waals surface area contributed by atoms with E-state index >= 15 is 0 Å². The van der Waals surface area contributed by atoms with Gasteiger partial charge in [0.25, 0.3) is 0 Å². The summed E-state index contributed by atoms with van der Waals surface area (Å²) >= 11 is 5.31. The third kappa shape index (κ3) is 1.87. The Balaban J connectivity index is 1.96. The Bertz CT molecular complexity index is 586. The number of nitrogens with zero attached hydrogens (tertiary/aromatic N) is 3. The molecule has 0 amide bonds. The fourth-order valence-electron chi connectivity index (χ4n) is 2.28. The summed E-state index contributed by atoms with van der Waals surface area (Å²) in [4.78, 5) is 4.12. The monoisotopic (exact) mass is 262 g/mol. The Hall–Kier alpha value is -1.53. The van der Waals surface area contributed by atoms with E-state index in [1.54, 1.807) is 19.5 Å². The van der Waals surface area contributed by atoms with E-state index in [-0.39, 0.29) is 0 Å². The highest BCUT2D eigenvalue weighted by atomic mass is 32.1. The van der Waals surface area contributed by atoms with E-state index in [1.807, 2.05) is 12.1 Å². The second kappa shape index (κ2) is 4.62. The first-order valence-electron chi connectivity index (χ1n) is 5.89. The van der Waals surface area contributed by atoms with E-state index in [0.29, 0.717) is 16.9 Å². The zero-order chi connectivity index (χ0) is 12.5. The van der Waals surface area contributed by atoms with Crippen molar-refractivity contribution in [2.45, 2.75) is 25.0 Å². The maximum absolute atomic E-state index is 5.31. The molecular weight excluding hydrogens is 248 g/mol. The molecule has 2 heterocycles. The van der Waals surface area contributed by atoms with Crippen LogP contribution in [0.4, 0.5) is 0 Å². The van der Waals surface area contributed by atoms with Crippen molar-refractivity contribution in [3.63, 3.8) is 0 Å². The van der Waals surface area contributed by atoms with E-state index in [9.17, 15) is 0 Å². The minimum atomic E-state index is 0.341. The number of rotatable bonds is 3. The summed E-state index contributed by atoms with van der Waals surface area (Å²) in [6.45, 7) is 0. The second-order valence-electron chi connectivity index (χ2n) is 4.45. The third-order valence-electron chi connectivity index (χ3n) is 3.39. The van der Waals surface area contributed by atoms with Gasteiger partial charge in [0.15, 0.2) is 10.6 Å². The average molecular weight is 262 g/mol. The van der Waals surface area contributed by atoms with Gasteiger partial charge in [-0.1, -0.05) is 0 Å². The summed E-state index contributed by atoms with van der Waals surface area (Å²) in [6.07, 6.45) is 5.86. The number of pyridine rings is 1. The molecular formula is C12H14N4OS. The predicted molar refractivity (Wildman–Crippen MR) is 69.7 cm³/mol. The zero-order valence-corrected chi connectivity index (χ0v) is 10.9. The van der Waals surface area contributed by atoms with Crippen LogP contribution in [0.25, 0.3) is 11.4 Å². The lowest BCUT2D eigenvalue weighted by atomic mass is 9.89. The highest BCUT2D eigenvalue weighted by molar-refractivity contribution is 7.71. The lowest BCUT2D eigenvalue weighted by Gasteiger charge is -2.35. The topological polar surface area (TPSA) is 55.7 Å². The number of methoxy groups -OCH3 is 1. The molecule has 1 aliphatic carbocycles. The van der Waals surface area contributed by atoms with Gasteiger partial charge in [0.2, 0.25) is 0 Å². The molecule has 5 nitrogen and oxygen atoms in total. The quantitative estimate of drug-likeness (QED) is 0.863. The smallest absolute Gasteiger partial charge is 0.195 e. The van der Waals surface area contributed by atoms with Gasteiger partial charge in [-0.3, -0.25) is 14.6 Å². The number of aromatic nitrogens is 4. The third-order valence-corrected chi connectivity index (χ3v) is 3.68. The molecule has 0 saturated heterocycles. The maximum Gasteiger partial charge on any atom is 0.195 e. The van der Waals surface area contributed by atoms with Gasteiger partial charge in [0, 0.05) is 31.1 Å². The van der Waals surface area contributed by atoms with Crippen molar-refractivity contribution in [1.82, 2.24) is 19.7 Å². The molecule has 0 unspecified atom stereocenters. The van der Waals surface area contributed by atoms with Crippen molar-refractivity contribution in [2.24, 2.45) is 0 Å². The zero-order valence-electron chi connectivity index (χ0n) is 10.0. The minimum absolute atomic E-state index is 0.341. The molecule has 0 atom stereocenters. The SMILES string of the molecule is COC1CC(n2c(-c3cccnc3)n[nH]c2=S)C1. The molecule has 1 aliphatic rings. The summed E-state index contributed by atoms with van der Waals surface area (Å²) in [5.74, 6) is 0.854. The summed E-state index contributed by atoms with van der Waals surface area (Å²) in [6, 6.07) is 4.26. The van der Waals surface area contributed by atoms with Crippen molar-refractivity contribution in [3.05, 3.63) is 29.3 Å². The minimum Gasteiger partial charge on any atom is -0.381 e. The van der Waals surface area contributed by atoms with Gasteiger partial charge in [0.05, 0.1) is 6.10 Å². The highest BCUT2D eigenvalue weighted by Crippen LogP contribution is 2.36. The highest BCUT2D eigenvalue weighted by Gasteiger charge is 2.32. The molecule has 1 saturated carbocycles. The largest absolute Gasteiger partial charge is 0.381 e. The molecule has 3 rings (SSSR count). The maximum atomic E-state index is 5.31. The fraction of sp³-hybridized carbons (Fsp3) is 0.417. The standard InChI is InChI=1S/C12H14N4OS/c1-17-10-5-9(6-10)16-11(14-15-12(16)18)8-3-2-4-13-7-8/h2-4,7,9-10H,5-6H2,1H3,(H,15,18). The van der Waals surface area contributed by atoms with E-state index in [1.165, 1.54) is 0 Å². The van der Waals surface area contributed by atoms with Crippen LogP contribution in [0.5, 0.6) is 0 Å². The van der Waals surface area contributed by atoms with Crippen LogP contribution >= 0.6 is 12.2 Å². The Morgan fingerprint density at radius 1 is 1.50 bits per heavy atom. The Morgan fingerprint density at radius 3 is 3.00 bits per heavy atom. The molecule has 0 bridgehead atoms. The van der Waals surface area contributed by atoms with E-state index in [2.05, 4.69) is 19.7 Å². The van der Waals surface area contributed by atoms with E-state index in [4.69, 9.17) is 17.0 Å². The lowest BCUT2D eigenvalue weighted by Crippen LogP contribution is -2.32. The Morgan fingerprint density at radius 2 is 2.33 bits per heavy atom. The molecule has 1 fully saturated rings. The second-order valence-corrected chi connectivity index (χ2v) is 4.83. The van der Waals surface area contributed by atoms with Gasteiger partial charge < -0.3 is 4.74 Å². The molecule has 18 heavy (non-hydrogen) atoms. The van der Waals surface area contributed by atoms with Gasteiger partial charge in [-0.05, 0) is 37.2 Å². The number of nitrogens with one attached hydrogen (secondary N) is 1.